The van der Waals surface area contributed by atoms with Crippen LogP contribution in [0.5, 0.6) is 0 Å². The Labute approximate surface area is 103 Å². The third kappa shape index (κ3) is 2.11. The second kappa shape index (κ2) is 3.82. The molecule has 0 saturated heterocycles. The van der Waals surface area contributed by atoms with Gasteiger partial charge in [0.05, 0.1) is 11.2 Å². The van der Waals surface area contributed by atoms with Gasteiger partial charge in [0.15, 0.2) is 5.76 Å². The summed E-state index contributed by atoms with van der Waals surface area (Å²) < 4.78 is 11.5. The zero-order chi connectivity index (χ0) is 12.8. The fourth-order valence-electron chi connectivity index (χ4n) is 2.51. The van der Waals surface area contributed by atoms with Gasteiger partial charge in [-0.3, -0.25) is 0 Å². The highest BCUT2D eigenvalue weighted by molar-refractivity contribution is 5.36. The van der Waals surface area contributed by atoms with E-state index in [1.807, 2.05) is 13.8 Å². The van der Waals surface area contributed by atoms with Gasteiger partial charge in [0.1, 0.15) is 11.3 Å². The second-order valence-corrected chi connectivity index (χ2v) is 5.99. The Hall–Kier alpha value is -0.870. The van der Waals surface area contributed by atoms with Crippen LogP contribution in [0.4, 0.5) is 0 Å². The van der Waals surface area contributed by atoms with E-state index in [0.29, 0.717) is 6.04 Å². The van der Waals surface area contributed by atoms with E-state index in [0.717, 1.165) is 23.6 Å². The molecule has 1 aromatic heterocycles. The first-order valence-corrected chi connectivity index (χ1v) is 6.17. The Morgan fingerprint density at radius 3 is 2.41 bits per heavy atom. The highest BCUT2D eigenvalue weighted by Crippen LogP contribution is 2.48. The summed E-state index contributed by atoms with van der Waals surface area (Å²) in [5.41, 5.74) is 1.36. The molecule has 0 atom stereocenters. The lowest BCUT2D eigenvalue weighted by molar-refractivity contribution is -0.114. The highest BCUT2D eigenvalue weighted by atomic mass is 16.6. The number of nitrogens with zero attached hydrogens (tertiary/aromatic N) is 1. The van der Waals surface area contributed by atoms with Gasteiger partial charge in [-0.2, -0.15) is 0 Å². The SMILES string of the molecule is CC(C)NCc1noc2c1C(C)(C)OC2(C)C. The molecule has 0 saturated carbocycles. The van der Waals surface area contributed by atoms with Crippen LogP contribution in [-0.4, -0.2) is 11.2 Å². The summed E-state index contributed by atoms with van der Waals surface area (Å²) in [5.74, 6) is 0.864. The fraction of sp³-hybridized carbons (Fsp3) is 0.769. The Balaban J connectivity index is 2.34. The summed E-state index contributed by atoms with van der Waals surface area (Å²) >= 11 is 0. The van der Waals surface area contributed by atoms with E-state index in [4.69, 9.17) is 9.26 Å². The number of aromatic nitrogens is 1. The number of hydrogen-bond acceptors (Lipinski definition) is 4. The van der Waals surface area contributed by atoms with E-state index in [2.05, 4.69) is 38.2 Å². The third-order valence-corrected chi connectivity index (χ3v) is 3.10. The van der Waals surface area contributed by atoms with Crippen molar-refractivity contribution in [3.05, 3.63) is 17.0 Å². The molecular weight excluding hydrogens is 216 g/mol. The maximum absolute atomic E-state index is 6.03. The van der Waals surface area contributed by atoms with Crippen LogP contribution in [0, 0.1) is 0 Å². The van der Waals surface area contributed by atoms with Gasteiger partial charge in [0.25, 0.3) is 0 Å². The molecule has 0 bridgehead atoms. The molecule has 0 radical (unpaired) electrons. The molecule has 2 rings (SSSR count). The monoisotopic (exact) mass is 238 g/mol. The first-order chi connectivity index (χ1) is 7.74. The van der Waals surface area contributed by atoms with Gasteiger partial charge in [-0.25, -0.2) is 0 Å². The molecule has 1 N–H and O–H groups in total. The van der Waals surface area contributed by atoms with Crippen LogP contribution in [0.2, 0.25) is 0 Å². The van der Waals surface area contributed by atoms with E-state index < -0.39 is 0 Å². The van der Waals surface area contributed by atoms with E-state index in [1.54, 1.807) is 0 Å². The molecule has 1 aliphatic heterocycles. The Bertz CT molecular complexity index is 419. The summed E-state index contributed by atoms with van der Waals surface area (Å²) in [4.78, 5) is 0. The molecule has 4 nitrogen and oxygen atoms in total. The van der Waals surface area contributed by atoms with Gasteiger partial charge in [-0.05, 0) is 27.7 Å². The molecule has 1 aromatic rings. The van der Waals surface area contributed by atoms with Crippen LogP contribution in [0.3, 0.4) is 0 Å². The van der Waals surface area contributed by atoms with Crippen LogP contribution in [-0.2, 0) is 22.5 Å². The van der Waals surface area contributed by atoms with Crippen molar-refractivity contribution in [2.75, 3.05) is 0 Å². The molecule has 0 aromatic carbocycles. The smallest absolute Gasteiger partial charge is 0.174 e. The Morgan fingerprint density at radius 2 is 1.82 bits per heavy atom. The number of hydrogen-bond donors (Lipinski definition) is 1. The Kier molecular flexibility index (Phi) is 2.83. The van der Waals surface area contributed by atoms with Crippen molar-refractivity contribution in [2.45, 2.75) is 65.3 Å². The molecule has 0 aliphatic carbocycles. The number of ether oxygens (including phenoxy) is 1. The topological polar surface area (TPSA) is 47.3 Å². The van der Waals surface area contributed by atoms with Gasteiger partial charge in [0, 0.05) is 12.6 Å². The second-order valence-electron chi connectivity index (χ2n) is 5.99. The van der Waals surface area contributed by atoms with E-state index in [9.17, 15) is 0 Å². The molecule has 96 valence electrons. The minimum atomic E-state index is -0.387. The zero-order valence-corrected chi connectivity index (χ0v) is 11.5. The standard InChI is InChI=1S/C13H22N2O2/c1-8(2)14-7-9-10-11(16-15-9)13(5,6)17-12(10,3)4/h8,14H,7H2,1-6H3. The van der Waals surface area contributed by atoms with Crippen molar-refractivity contribution in [3.8, 4) is 0 Å². The lowest BCUT2D eigenvalue weighted by Crippen LogP contribution is -2.26. The quantitative estimate of drug-likeness (QED) is 0.879. The Morgan fingerprint density at radius 1 is 1.18 bits per heavy atom. The average Bonchev–Trinajstić information content (AvgIpc) is 2.63. The summed E-state index contributed by atoms with van der Waals surface area (Å²) in [7, 11) is 0. The van der Waals surface area contributed by atoms with Crippen molar-refractivity contribution in [1.29, 1.82) is 0 Å². The lowest BCUT2D eigenvalue weighted by atomic mass is 9.95. The van der Waals surface area contributed by atoms with E-state index in [1.165, 1.54) is 0 Å². The predicted octanol–water partition coefficient (Wildman–Crippen LogP) is 2.67. The predicted molar refractivity (Wildman–Crippen MR) is 65.6 cm³/mol. The summed E-state index contributed by atoms with van der Waals surface area (Å²) in [6.45, 7) is 13.1. The fourth-order valence-corrected chi connectivity index (χ4v) is 2.51. The minimum absolute atomic E-state index is 0.327. The van der Waals surface area contributed by atoms with Crippen LogP contribution < -0.4 is 5.32 Å². The molecule has 0 unspecified atom stereocenters. The first kappa shape index (κ1) is 12.6. The largest absolute Gasteiger partial charge is 0.358 e. The minimum Gasteiger partial charge on any atom is -0.358 e. The summed E-state index contributed by atoms with van der Waals surface area (Å²) in [6.07, 6.45) is 0. The molecule has 1 aliphatic rings. The van der Waals surface area contributed by atoms with Gasteiger partial charge in [-0.15, -0.1) is 0 Å². The van der Waals surface area contributed by atoms with Crippen molar-refractivity contribution < 1.29 is 9.26 Å². The highest BCUT2D eigenvalue weighted by Gasteiger charge is 2.48. The molecule has 4 heteroatoms. The third-order valence-electron chi connectivity index (χ3n) is 3.10. The van der Waals surface area contributed by atoms with E-state index >= 15 is 0 Å². The van der Waals surface area contributed by atoms with Crippen LogP contribution in [0.15, 0.2) is 4.52 Å². The number of rotatable bonds is 3. The van der Waals surface area contributed by atoms with Gasteiger partial charge < -0.3 is 14.6 Å². The van der Waals surface area contributed by atoms with Crippen molar-refractivity contribution in [3.63, 3.8) is 0 Å². The van der Waals surface area contributed by atoms with Crippen LogP contribution in [0.1, 0.15) is 58.6 Å². The van der Waals surface area contributed by atoms with Gasteiger partial charge in [0.2, 0.25) is 0 Å². The number of nitrogens with one attached hydrogen (secondary N) is 1. The molecule has 0 amide bonds. The molecule has 0 spiro atoms. The van der Waals surface area contributed by atoms with Gasteiger partial charge >= 0.3 is 0 Å². The number of fused-ring (bicyclic) bond motifs is 1. The first-order valence-electron chi connectivity index (χ1n) is 6.17. The van der Waals surface area contributed by atoms with Gasteiger partial charge in [-0.1, -0.05) is 19.0 Å². The van der Waals surface area contributed by atoms with Crippen LogP contribution >= 0.6 is 0 Å². The van der Waals surface area contributed by atoms with Crippen molar-refractivity contribution in [2.24, 2.45) is 0 Å². The van der Waals surface area contributed by atoms with Crippen molar-refractivity contribution >= 4 is 0 Å². The summed E-state index contributed by atoms with van der Waals surface area (Å²) in [6, 6.07) is 0.431. The van der Waals surface area contributed by atoms with Crippen molar-refractivity contribution in [1.82, 2.24) is 10.5 Å². The molecule has 2 heterocycles. The normalized spacial score (nSPS) is 20.9. The maximum Gasteiger partial charge on any atom is 0.174 e. The van der Waals surface area contributed by atoms with E-state index in [-0.39, 0.29) is 11.2 Å². The zero-order valence-electron chi connectivity index (χ0n) is 11.5. The average molecular weight is 238 g/mol. The molecule has 17 heavy (non-hydrogen) atoms. The van der Waals surface area contributed by atoms with Crippen LogP contribution in [0.25, 0.3) is 0 Å². The maximum atomic E-state index is 6.03. The summed E-state index contributed by atoms with van der Waals surface area (Å²) in [5, 5.41) is 7.55. The lowest BCUT2D eigenvalue weighted by Gasteiger charge is -2.24. The molecular formula is C13H22N2O2. The molecule has 0 fully saturated rings.